The second-order valence-corrected chi connectivity index (χ2v) is 7.38. The van der Waals surface area contributed by atoms with Crippen LogP contribution in [0.2, 0.25) is 0 Å². The molecule has 3 N–H and O–H groups in total. The summed E-state index contributed by atoms with van der Waals surface area (Å²) in [7, 11) is 5.91. The van der Waals surface area contributed by atoms with Crippen molar-refractivity contribution in [2.75, 3.05) is 5.75 Å². The molecule has 0 spiro atoms. The molecular weight excluding hydrogens is 170 g/mol. The van der Waals surface area contributed by atoms with E-state index in [1.54, 1.807) is 0 Å². The first-order chi connectivity index (χ1) is 3.71. The van der Waals surface area contributed by atoms with Gasteiger partial charge < -0.3 is 6.15 Å². The molecule has 1 aliphatic heterocycles. The van der Waals surface area contributed by atoms with Gasteiger partial charge in [-0.25, -0.2) is 0 Å². The van der Waals surface area contributed by atoms with Crippen LogP contribution in [-0.2, 0) is 0 Å². The van der Waals surface area contributed by atoms with Crippen LogP contribution >= 0.6 is 31.4 Å². The monoisotopic (exact) mass is 183 g/mol. The van der Waals surface area contributed by atoms with Gasteiger partial charge in [-0.3, -0.25) is 0 Å². The molecule has 0 unspecified atom stereocenters. The highest BCUT2D eigenvalue weighted by Gasteiger charge is 2.22. The van der Waals surface area contributed by atoms with E-state index in [9.17, 15) is 0 Å². The van der Waals surface area contributed by atoms with Gasteiger partial charge in [0.15, 0.2) is 0 Å². The molecule has 4 heteroatoms. The van der Waals surface area contributed by atoms with E-state index < -0.39 is 0 Å². The molecule has 1 nitrogen and oxygen atoms in total. The van der Waals surface area contributed by atoms with Gasteiger partial charge in [-0.1, -0.05) is 21.6 Å². The topological polar surface area (TPSA) is 35.0 Å². The molecule has 1 saturated heterocycles. The van der Waals surface area contributed by atoms with Crippen molar-refractivity contribution >= 4 is 31.4 Å². The zero-order valence-electron chi connectivity index (χ0n) is 5.85. The lowest BCUT2D eigenvalue weighted by Crippen LogP contribution is -2.15. The van der Waals surface area contributed by atoms with Crippen LogP contribution in [0.4, 0.5) is 0 Å². The minimum absolute atomic E-state index is 0. The standard InChI is InChI=1S/C5H10S3.H3N/c1-5(2)3-4-6-8-7-5;/h3-4H2,1-2H3;1H3. The van der Waals surface area contributed by atoms with Crippen LogP contribution in [0.25, 0.3) is 0 Å². The van der Waals surface area contributed by atoms with Crippen LogP contribution in [0.5, 0.6) is 0 Å². The van der Waals surface area contributed by atoms with Crippen LogP contribution in [0.3, 0.4) is 0 Å². The maximum Gasteiger partial charge on any atom is 0.0223 e. The normalized spacial score (nSPS) is 24.7. The van der Waals surface area contributed by atoms with Crippen molar-refractivity contribution in [3.8, 4) is 0 Å². The van der Waals surface area contributed by atoms with Crippen molar-refractivity contribution in [3.05, 3.63) is 0 Å². The zero-order chi connectivity index (χ0) is 6.04. The van der Waals surface area contributed by atoms with Gasteiger partial charge in [0.05, 0.1) is 0 Å². The Morgan fingerprint density at radius 2 is 2.00 bits per heavy atom. The molecule has 0 aliphatic carbocycles. The number of hydrogen-bond donors (Lipinski definition) is 1. The van der Waals surface area contributed by atoms with Crippen LogP contribution in [0.15, 0.2) is 0 Å². The van der Waals surface area contributed by atoms with Gasteiger partial charge in [-0.2, -0.15) is 0 Å². The maximum atomic E-state index is 2.31. The molecule has 0 saturated carbocycles. The van der Waals surface area contributed by atoms with Crippen molar-refractivity contribution < 1.29 is 0 Å². The molecule has 0 aromatic carbocycles. The van der Waals surface area contributed by atoms with Crippen LogP contribution in [-0.4, -0.2) is 10.5 Å². The summed E-state index contributed by atoms with van der Waals surface area (Å²) in [5.74, 6) is 1.32. The van der Waals surface area contributed by atoms with Crippen molar-refractivity contribution in [1.29, 1.82) is 0 Å². The number of rotatable bonds is 0. The molecule has 1 aliphatic rings. The maximum absolute atomic E-state index is 2.31. The first-order valence-corrected chi connectivity index (χ1v) is 6.33. The summed E-state index contributed by atoms with van der Waals surface area (Å²) < 4.78 is 0.538. The predicted molar refractivity (Wildman–Crippen MR) is 51.4 cm³/mol. The third kappa shape index (κ3) is 3.65. The highest BCUT2D eigenvalue weighted by Crippen LogP contribution is 2.50. The lowest BCUT2D eigenvalue weighted by Gasteiger charge is -2.26. The molecule has 1 fully saturated rings. The third-order valence-electron chi connectivity index (χ3n) is 1.10. The fraction of sp³-hybridized carbons (Fsp3) is 1.00. The molecule has 0 aromatic heterocycles. The van der Waals surface area contributed by atoms with Crippen LogP contribution in [0, 0.1) is 0 Å². The van der Waals surface area contributed by atoms with E-state index in [1.807, 2.05) is 31.4 Å². The van der Waals surface area contributed by atoms with E-state index in [4.69, 9.17) is 0 Å². The zero-order valence-corrected chi connectivity index (χ0v) is 8.30. The highest BCUT2D eigenvalue weighted by atomic mass is 33.5. The SMILES string of the molecule is CC1(C)CCSSS1.N. The molecule has 0 bridgehead atoms. The fourth-order valence-electron chi connectivity index (χ4n) is 0.479. The smallest absolute Gasteiger partial charge is 0.0223 e. The molecular formula is C5H13NS3. The van der Waals surface area contributed by atoms with E-state index in [2.05, 4.69) is 13.8 Å². The summed E-state index contributed by atoms with van der Waals surface area (Å²) in [6.07, 6.45) is 1.36. The third-order valence-corrected chi connectivity index (χ3v) is 6.11. The molecule has 0 atom stereocenters. The van der Waals surface area contributed by atoms with E-state index in [0.717, 1.165) is 0 Å². The second kappa shape index (κ2) is 4.01. The molecule has 0 amide bonds. The predicted octanol–water partition coefficient (Wildman–Crippen LogP) is 3.36. The van der Waals surface area contributed by atoms with E-state index >= 15 is 0 Å². The minimum atomic E-state index is 0. The summed E-state index contributed by atoms with van der Waals surface area (Å²) in [4.78, 5) is 0. The van der Waals surface area contributed by atoms with Gasteiger partial charge >= 0.3 is 0 Å². The summed E-state index contributed by atoms with van der Waals surface area (Å²) in [5.41, 5.74) is 0. The Kier molecular flexibility index (Phi) is 4.46. The minimum Gasteiger partial charge on any atom is -0.344 e. The summed E-state index contributed by atoms with van der Waals surface area (Å²) in [6, 6.07) is 0. The van der Waals surface area contributed by atoms with E-state index in [0.29, 0.717) is 4.75 Å². The van der Waals surface area contributed by atoms with Crippen molar-refractivity contribution in [2.24, 2.45) is 0 Å². The largest absolute Gasteiger partial charge is 0.344 e. The van der Waals surface area contributed by atoms with E-state index in [-0.39, 0.29) is 6.15 Å². The molecule has 1 rings (SSSR count). The first-order valence-electron chi connectivity index (χ1n) is 2.68. The Bertz CT molecular complexity index is 76.3. The highest BCUT2D eigenvalue weighted by molar-refractivity contribution is 9.09. The Morgan fingerprint density at radius 1 is 1.33 bits per heavy atom. The molecule has 0 radical (unpaired) electrons. The Balaban J connectivity index is 0.000000640. The van der Waals surface area contributed by atoms with Gasteiger partial charge in [0.2, 0.25) is 0 Å². The average Bonchev–Trinajstić information content (AvgIpc) is 1.65. The van der Waals surface area contributed by atoms with Crippen LogP contribution < -0.4 is 6.15 Å². The second-order valence-electron chi connectivity index (χ2n) is 2.48. The molecule has 1 heterocycles. The Labute approximate surface area is 68.5 Å². The average molecular weight is 183 g/mol. The Hall–Kier alpha value is 1.01. The van der Waals surface area contributed by atoms with Gasteiger partial charge in [0.1, 0.15) is 0 Å². The summed E-state index contributed by atoms with van der Waals surface area (Å²) in [5, 5.41) is 0. The number of hydrogen-bond acceptors (Lipinski definition) is 4. The van der Waals surface area contributed by atoms with Gasteiger partial charge in [0.25, 0.3) is 0 Å². The summed E-state index contributed by atoms with van der Waals surface area (Å²) >= 11 is 0. The summed E-state index contributed by atoms with van der Waals surface area (Å²) in [6.45, 7) is 4.62. The lowest BCUT2D eigenvalue weighted by atomic mass is 10.1. The lowest BCUT2D eigenvalue weighted by molar-refractivity contribution is 0.696. The van der Waals surface area contributed by atoms with Crippen molar-refractivity contribution in [1.82, 2.24) is 6.15 Å². The molecule has 56 valence electrons. The van der Waals surface area contributed by atoms with Gasteiger partial charge in [-0.15, -0.1) is 0 Å². The molecule has 0 aromatic rings. The fourth-order valence-corrected chi connectivity index (χ4v) is 5.79. The first kappa shape index (κ1) is 10.0. The van der Waals surface area contributed by atoms with Gasteiger partial charge in [0, 0.05) is 10.5 Å². The quantitative estimate of drug-likeness (QED) is 0.584. The van der Waals surface area contributed by atoms with E-state index in [1.165, 1.54) is 12.2 Å². The van der Waals surface area contributed by atoms with Gasteiger partial charge in [-0.05, 0) is 30.1 Å². The Morgan fingerprint density at radius 3 is 2.22 bits per heavy atom. The van der Waals surface area contributed by atoms with Crippen LogP contribution in [0.1, 0.15) is 20.3 Å². The molecule has 9 heavy (non-hydrogen) atoms. The van der Waals surface area contributed by atoms with Crippen molar-refractivity contribution in [3.63, 3.8) is 0 Å². The van der Waals surface area contributed by atoms with Crippen molar-refractivity contribution in [2.45, 2.75) is 25.0 Å².